The summed E-state index contributed by atoms with van der Waals surface area (Å²) in [4.78, 5) is 2.29. The minimum Gasteiger partial charge on any atom is -0.467 e. The van der Waals surface area contributed by atoms with Gasteiger partial charge in [0.2, 0.25) is 0 Å². The number of aryl methyl sites for hydroxylation is 1. The van der Waals surface area contributed by atoms with Crippen LogP contribution in [0.1, 0.15) is 28.8 Å². The standard InChI is InChI=1S/C20H20N4O2/c1-15-17(12-21)18(24(22-15)16-6-3-2-4-7-16)13-23-9-11-26-20(14-23)19-8-5-10-25-19/h2-8,10,20H,9,11,13-14H2,1H3/t20-/m1/s1. The van der Waals surface area contributed by atoms with Crippen molar-refractivity contribution in [2.24, 2.45) is 0 Å². The van der Waals surface area contributed by atoms with Gasteiger partial charge in [-0.3, -0.25) is 4.90 Å². The molecule has 0 amide bonds. The zero-order valence-electron chi connectivity index (χ0n) is 14.6. The molecular formula is C20H20N4O2. The third kappa shape index (κ3) is 3.15. The molecule has 4 rings (SSSR count). The van der Waals surface area contributed by atoms with E-state index in [2.05, 4.69) is 16.1 Å². The van der Waals surface area contributed by atoms with Gasteiger partial charge in [-0.25, -0.2) is 4.68 Å². The molecule has 6 heteroatoms. The van der Waals surface area contributed by atoms with Gasteiger partial charge in [-0.05, 0) is 31.2 Å². The fourth-order valence-corrected chi connectivity index (χ4v) is 3.35. The lowest BCUT2D eigenvalue weighted by Crippen LogP contribution is -2.38. The third-order valence-corrected chi connectivity index (χ3v) is 4.65. The summed E-state index contributed by atoms with van der Waals surface area (Å²) < 4.78 is 13.2. The first-order valence-electron chi connectivity index (χ1n) is 8.67. The number of para-hydroxylation sites is 1. The number of morpholine rings is 1. The van der Waals surface area contributed by atoms with Gasteiger partial charge in [-0.1, -0.05) is 18.2 Å². The Balaban J connectivity index is 1.62. The van der Waals surface area contributed by atoms with E-state index in [1.807, 2.05) is 54.1 Å². The Morgan fingerprint density at radius 2 is 2.08 bits per heavy atom. The van der Waals surface area contributed by atoms with E-state index in [4.69, 9.17) is 9.15 Å². The van der Waals surface area contributed by atoms with E-state index >= 15 is 0 Å². The van der Waals surface area contributed by atoms with Crippen LogP contribution in [0.2, 0.25) is 0 Å². The highest BCUT2D eigenvalue weighted by Crippen LogP contribution is 2.25. The molecule has 1 fully saturated rings. The second-order valence-electron chi connectivity index (χ2n) is 6.38. The number of aromatic nitrogens is 2. The lowest BCUT2D eigenvalue weighted by molar-refractivity contribution is -0.0433. The van der Waals surface area contributed by atoms with Crippen molar-refractivity contribution in [1.29, 1.82) is 5.26 Å². The second-order valence-corrected chi connectivity index (χ2v) is 6.38. The molecule has 1 aliphatic rings. The second kappa shape index (κ2) is 7.16. The highest BCUT2D eigenvalue weighted by Gasteiger charge is 2.26. The molecular weight excluding hydrogens is 328 g/mol. The van der Waals surface area contributed by atoms with Crippen LogP contribution in [0.15, 0.2) is 53.1 Å². The van der Waals surface area contributed by atoms with Gasteiger partial charge in [-0.15, -0.1) is 0 Å². The molecule has 2 aromatic heterocycles. The molecule has 0 spiro atoms. The number of rotatable bonds is 4. The summed E-state index contributed by atoms with van der Waals surface area (Å²) in [6, 6.07) is 16.1. The van der Waals surface area contributed by atoms with E-state index in [0.717, 1.165) is 35.9 Å². The van der Waals surface area contributed by atoms with Gasteiger partial charge in [0.05, 0.1) is 35.5 Å². The molecule has 1 atom stereocenters. The van der Waals surface area contributed by atoms with Crippen LogP contribution in [0.3, 0.4) is 0 Å². The quantitative estimate of drug-likeness (QED) is 0.724. The van der Waals surface area contributed by atoms with Crippen molar-refractivity contribution in [2.45, 2.75) is 19.6 Å². The van der Waals surface area contributed by atoms with E-state index in [-0.39, 0.29) is 6.10 Å². The van der Waals surface area contributed by atoms with Gasteiger partial charge in [-0.2, -0.15) is 10.4 Å². The van der Waals surface area contributed by atoms with Gasteiger partial charge in [0, 0.05) is 19.6 Å². The molecule has 3 heterocycles. The Morgan fingerprint density at radius 3 is 2.81 bits per heavy atom. The van der Waals surface area contributed by atoms with Gasteiger partial charge < -0.3 is 9.15 Å². The Bertz CT molecular complexity index is 909. The van der Waals surface area contributed by atoms with E-state index in [9.17, 15) is 5.26 Å². The third-order valence-electron chi connectivity index (χ3n) is 4.65. The molecule has 132 valence electrons. The molecule has 0 radical (unpaired) electrons. The van der Waals surface area contributed by atoms with Crippen LogP contribution in [-0.4, -0.2) is 34.4 Å². The molecule has 0 saturated carbocycles. The number of hydrogen-bond acceptors (Lipinski definition) is 5. The van der Waals surface area contributed by atoms with Crippen LogP contribution in [-0.2, 0) is 11.3 Å². The summed E-state index contributed by atoms with van der Waals surface area (Å²) in [6.45, 7) is 4.68. The first kappa shape index (κ1) is 16.6. The van der Waals surface area contributed by atoms with Gasteiger partial charge in [0.25, 0.3) is 0 Å². The summed E-state index contributed by atoms with van der Waals surface area (Å²) in [6.07, 6.45) is 1.58. The molecule has 1 aromatic carbocycles. The number of nitriles is 1. The number of nitrogens with zero attached hydrogens (tertiary/aromatic N) is 4. The predicted molar refractivity (Wildman–Crippen MR) is 95.7 cm³/mol. The Kier molecular flexibility index (Phi) is 4.57. The van der Waals surface area contributed by atoms with Gasteiger partial charge in [0.15, 0.2) is 0 Å². The monoisotopic (exact) mass is 348 g/mol. The van der Waals surface area contributed by atoms with Crippen LogP contribution in [0.5, 0.6) is 0 Å². The van der Waals surface area contributed by atoms with Crippen LogP contribution < -0.4 is 0 Å². The van der Waals surface area contributed by atoms with Gasteiger partial charge in [0.1, 0.15) is 17.9 Å². The minimum atomic E-state index is -0.0847. The molecule has 6 nitrogen and oxygen atoms in total. The normalized spacial score (nSPS) is 17.9. The fourth-order valence-electron chi connectivity index (χ4n) is 3.35. The average Bonchev–Trinajstić information content (AvgIpc) is 3.31. The average molecular weight is 348 g/mol. The van der Waals surface area contributed by atoms with Gasteiger partial charge >= 0.3 is 0 Å². The highest BCUT2D eigenvalue weighted by atomic mass is 16.5. The van der Waals surface area contributed by atoms with Crippen LogP contribution in [0.25, 0.3) is 5.69 Å². The Morgan fingerprint density at radius 1 is 1.23 bits per heavy atom. The fraction of sp³-hybridized carbons (Fsp3) is 0.300. The largest absolute Gasteiger partial charge is 0.467 e. The van der Waals surface area contributed by atoms with Crippen LogP contribution >= 0.6 is 0 Å². The van der Waals surface area contributed by atoms with Crippen molar-refractivity contribution in [3.05, 3.63) is 71.4 Å². The van der Waals surface area contributed by atoms with Crippen molar-refractivity contribution in [2.75, 3.05) is 19.7 Å². The summed E-state index contributed by atoms with van der Waals surface area (Å²) in [5, 5.41) is 14.2. The predicted octanol–water partition coefficient (Wildman–Crippen LogP) is 3.22. The molecule has 1 aliphatic heterocycles. The first-order chi connectivity index (χ1) is 12.8. The van der Waals surface area contributed by atoms with Crippen molar-refractivity contribution in [3.8, 4) is 11.8 Å². The number of benzene rings is 1. The zero-order valence-corrected chi connectivity index (χ0v) is 14.6. The van der Waals surface area contributed by atoms with E-state index < -0.39 is 0 Å². The smallest absolute Gasteiger partial charge is 0.133 e. The molecule has 0 aliphatic carbocycles. The molecule has 26 heavy (non-hydrogen) atoms. The molecule has 0 unspecified atom stereocenters. The molecule has 0 N–H and O–H groups in total. The maximum atomic E-state index is 9.63. The topological polar surface area (TPSA) is 67.2 Å². The van der Waals surface area contributed by atoms with Crippen molar-refractivity contribution in [1.82, 2.24) is 14.7 Å². The van der Waals surface area contributed by atoms with Crippen LogP contribution in [0, 0.1) is 18.3 Å². The molecule has 0 bridgehead atoms. The van der Waals surface area contributed by atoms with E-state index in [1.165, 1.54) is 0 Å². The number of hydrogen-bond donors (Lipinski definition) is 0. The maximum absolute atomic E-state index is 9.63. The first-order valence-corrected chi connectivity index (χ1v) is 8.67. The molecule has 1 saturated heterocycles. The van der Waals surface area contributed by atoms with E-state index in [1.54, 1.807) is 6.26 Å². The highest BCUT2D eigenvalue weighted by molar-refractivity contribution is 5.43. The summed E-state index contributed by atoms with van der Waals surface area (Å²) in [7, 11) is 0. The van der Waals surface area contributed by atoms with Crippen LogP contribution in [0.4, 0.5) is 0 Å². The maximum Gasteiger partial charge on any atom is 0.133 e. The lowest BCUT2D eigenvalue weighted by Gasteiger charge is -2.32. The number of furan rings is 1. The SMILES string of the molecule is Cc1nn(-c2ccccc2)c(CN2CCO[C@@H](c3ccco3)C2)c1C#N. The number of ether oxygens (including phenoxy) is 1. The summed E-state index contributed by atoms with van der Waals surface area (Å²) in [5.74, 6) is 0.836. The summed E-state index contributed by atoms with van der Waals surface area (Å²) in [5.41, 5.74) is 3.27. The zero-order chi connectivity index (χ0) is 17.9. The minimum absolute atomic E-state index is 0.0847. The van der Waals surface area contributed by atoms with Crippen molar-refractivity contribution < 1.29 is 9.15 Å². The molecule has 3 aromatic rings. The Labute approximate surface area is 152 Å². The lowest BCUT2D eigenvalue weighted by atomic mass is 10.1. The van der Waals surface area contributed by atoms with E-state index in [0.29, 0.717) is 18.7 Å². The Hall–Kier alpha value is -2.88. The van der Waals surface area contributed by atoms with Crippen molar-refractivity contribution in [3.63, 3.8) is 0 Å². The van der Waals surface area contributed by atoms with Crippen molar-refractivity contribution >= 4 is 0 Å². The summed E-state index contributed by atoms with van der Waals surface area (Å²) >= 11 is 0.